The van der Waals surface area contributed by atoms with Crippen molar-refractivity contribution in [3.8, 4) is 0 Å². The second-order valence-corrected chi connectivity index (χ2v) is 4.35. The average molecular weight is 244 g/mol. The van der Waals surface area contributed by atoms with E-state index in [2.05, 4.69) is 0 Å². The first-order valence-electron chi connectivity index (χ1n) is 6.11. The van der Waals surface area contributed by atoms with Crippen LogP contribution < -0.4 is 0 Å². The van der Waals surface area contributed by atoms with Gasteiger partial charge in [-0.3, -0.25) is 14.5 Å². The summed E-state index contributed by atoms with van der Waals surface area (Å²) in [6, 6.07) is -0.369. The van der Waals surface area contributed by atoms with Gasteiger partial charge in [-0.2, -0.15) is 0 Å². The summed E-state index contributed by atoms with van der Waals surface area (Å²) in [6.45, 7) is 10.6. The smallest absolute Gasteiger partial charge is 0.317 e. The Morgan fingerprint density at radius 1 is 1.12 bits per heavy atom. The van der Waals surface area contributed by atoms with Crippen molar-refractivity contribution in [3.63, 3.8) is 0 Å². The molecule has 0 rings (SSSR count). The molecule has 0 saturated carbocycles. The van der Waals surface area contributed by atoms with Crippen LogP contribution in [-0.4, -0.2) is 58.5 Å². The zero-order chi connectivity index (χ0) is 13.6. The van der Waals surface area contributed by atoms with Crippen LogP contribution in [0, 0.1) is 0 Å². The number of hydrogen-bond acceptors (Lipinski definition) is 3. The lowest BCUT2D eigenvalue weighted by Crippen LogP contribution is -2.51. The van der Waals surface area contributed by atoms with Gasteiger partial charge >= 0.3 is 5.97 Å². The monoisotopic (exact) mass is 244 g/mol. The Hall–Kier alpha value is -1.10. The number of carbonyl (C=O) groups excluding carboxylic acids is 1. The summed E-state index contributed by atoms with van der Waals surface area (Å²) in [5, 5.41) is 8.85. The molecule has 0 aromatic heterocycles. The number of aliphatic carboxylic acids is 1. The van der Waals surface area contributed by atoms with Gasteiger partial charge in [-0.1, -0.05) is 0 Å². The number of hydrogen-bond donors (Lipinski definition) is 1. The lowest BCUT2D eigenvalue weighted by Gasteiger charge is -2.33. The van der Waals surface area contributed by atoms with Gasteiger partial charge < -0.3 is 10.0 Å². The third-order valence-corrected chi connectivity index (χ3v) is 2.91. The van der Waals surface area contributed by atoms with E-state index in [0.29, 0.717) is 13.1 Å². The highest BCUT2D eigenvalue weighted by Crippen LogP contribution is 2.08. The van der Waals surface area contributed by atoms with Crippen molar-refractivity contribution in [3.05, 3.63) is 0 Å². The minimum Gasteiger partial charge on any atom is -0.480 e. The molecular weight excluding hydrogens is 220 g/mol. The van der Waals surface area contributed by atoms with Gasteiger partial charge in [-0.05, 0) is 34.6 Å². The summed E-state index contributed by atoms with van der Waals surface area (Å²) in [5.74, 6) is -0.914. The first kappa shape index (κ1) is 15.9. The molecule has 5 heteroatoms. The molecule has 17 heavy (non-hydrogen) atoms. The average Bonchev–Trinajstić information content (AvgIpc) is 2.25. The van der Waals surface area contributed by atoms with E-state index in [0.717, 1.165) is 0 Å². The fourth-order valence-corrected chi connectivity index (χ4v) is 1.86. The number of carboxylic acids is 1. The molecule has 5 nitrogen and oxygen atoms in total. The molecule has 0 aliphatic heterocycles. The first-order chi connectivity index (χ1) is 7.84. The van der Waals surface area contributed by atoms with E-state index in [9.17, 15) is 9.59 Å². The molecule has 0 spiro atoms. The quantitative estimate of drug-likeness (QED) is 0.727. The summed E-state index contributed by atoms with van der Waals surface area (Å²) < 4.78 is 0. The molecule has 1 atom stereocenters. The molecule has 1 N–H and O–H groups in total. The molecule has 100 valence electrons. The molecule has 0 heterocycles. The van der Waals surface area contributed by atoms with Gasteiger partial charge in [-0.15, -0.1) is 0 Å². The molecule has 0 saturated heterocycles. The van der Waals surface area contributed by atoms with Crippen LogP contribution in [0.25, 0.3) is 0 Å². The third-order valence-electron chi connectivity index (χ3n) is 2.91. The number of carboxylic acid groups (broad SMARTS) is 1. The van der Waals surface area contributed by atoms with Crippen molar-refractivity contribution in [1.82, 2.24) is 9.80 Å². The van der Waals surface area contributed by atoms with Crippen molar-refractivity contribution in [2.45, 2.75) is 46.7 Å². The molecule has 0 bridgehead atoms. The molecule has 0 aliphatic rings. The lowest BCUT2D eigenvalue weighted by atomic mass is 10.2. The van der Waals surface area contributed by atoms with Crippen LogP contribution in [0.5, 0.6) is 0 Å². The highest BCUT2D eigenvalue weighted by Gasteiger charge is 2.27. The van der Waals surface area contributed by atoms with Gasteiger partial charge in [0.15, 0.2) is 0 Å². The number of likely N-dealkylation sites (N-methyl/N-ethyl adjacent to an activating group) is 1. The van der Waals surface area contributed by atoms with E-state index in [-0.39, 0.29) is 18.5 Å². The number of amides is 1. The normalized spacial score (nSPS) is 12.9. The van der Waals surface area contributed by atoms with Gasteiger partial charge in [0.25, 0.3) is 0 Å². The number of carbonyl (C=O) groups is 2. The van der Waals surface area contributed by atoms with Gasteiger partial charge in [-0.25, -0.2) is 0 Å². The molecule has 0 aromatic rings. The Balaban J connectivity index is 4.76. The Labute approximate surface area is 103 Å². The maximum absolute atomic E-state index is 12.1. The molecular formula is C12H24N2O3. The van der Waals surface area contributed by atoms with Crippen LogP contribution in [0.2, 0.25) is 0 Å². The van der Waals surface area contributed by atoms with Crippen LogP contribution in [0.4, 0.5) is 0 Å². The summed E-state index contributed by atoms with van der Waals surface area (Å²) in [6.07, 6.45) is 0. The Morgan fingerprint density at radius 2 is 1.59 bits per heavy atom. The van der Waals surface area contributed by atoms with Crippen LogP contribution in [-0.2, 0) is 9.59 Å². The van der Waals surface area contributed by atoms with Gasteiger partial charge in [0.1, 0.15) is 0 Å². The van der Waals surface area contributed by atoms with Gasteiger partial charge in [0.2, 0.25) is 5.91 Å². The van der Waals surface area contributed by atoms with E-state index in [1.807, 2.05) is 27.7 Å². The maximum atomic E-state index is 12.1. The minimum atomic E-state index is -0.905. The summed E-state index contributed by atoms with van der Waals surface area (Å²) >= 11 is 0. The van der Waals surface area contributed by atoms with Crippen molar-refractivity contribution in [1.29, 1.82) is 0 Å². The number of rotatable bonds is 7. The molecule has 0 aromatic carbocycles. The van der Waals surface area contributed by atoms with Crippen molar-refractivity contribution in [2.24, 2.45) is 0 Å². The van der Waals surface area contributed by atoms with E-state index in [1.165, 1.54) is 0 Å². The fourth-order valence-electron chi connectivity index (χ4n) is 1.86. The van der Waals surface area contributed by atoms with Gasteiger partial charge in [0, 0.05) is 19.1 Å². The van der Waals surface area contributed by atoms with Crippen LogP contribution in [0.3, 0.4) is 0 Å². The SMILES string of the molecule is CCN(CC)C(=O)C(C)N(CC(=O)O)C(C)C. The Bertz CT molecular complexity index is 262. The first-order valence-corrected chi connectivity index (χ1v) is 6.11. The Kier molecular flexibility index (Phi) is 6.80. The van der Waals surface area contributed by atoms with Crippen molar-refractivity contribution >= 4 is 11.9 Å². The van der Waals surface area contributed by atoms with E-state index >= 15 is 0 Å². The molecule has 0 radical (unpaired) electrons. The van der Waals surface area contributed by atoms with E-state index in [4.69, 9.17) is 5.11 Å². The molecule has 0 fully saturated rings. The number of nitrogens with zero attached hydrogens (tertiary/aromatic N) is 2. The zero-order valence-corrected chi connectivity index (χ0v) is 11.4. The molecule has 1 amide bonds. The highest BCUT2D eigenvalue weighted by molar-refractivity contribution is 5.82. The topological polar surface area (TPSA) is 60.9 Å². The Morgan fingerprint density at radius 3 is 1.88 bits per heavy atom. The molecule has 1 unspecified atom stereocenters. The van der Waals surface area contributed by atoms with Crippen LogP contribution >= 0.6 is 0 Å². The van der Waals surface area contributed by atoms with E-state index < -0.39 is 12.0 Å². The summed E-state index contributed by atoms with van der Waals surface area (Å²) in [4.78, 5) is 26.3. The summed E-state index contributed by atoms with van der Waals surface area (Å²) in [5.41, 5.74) is 0. The third kappa shape index (κ3) is 4.73. The van der Waals surface area contributed by atoms with Crippen LogP contribution in [0.1, 0.15) is 34.6 Å². The second kappa shape index (κ2) is 7.27. The second-order valence-electron chi connectivity index (χ2n) is 4.35. The largest absolute Gasteiger partial charge is 0.480 e. The minimum absolute atomic E-state index is 0.00931. The lowest BCUT2D eigenvalue weighted by molar-refractivity contribution is -0.143. The summed E-state index contributed by atoms with van der Waals surface area (Å²) in [7, 11) is 0. The molecule has 0 aliphatic carbocycles. The standard InChI is InChI=1S/C12H24N2O3/c1-6-13(7-2)12(17)10(5)14(9(3)4)8-11(15)16/h9-10H,6-8H2,1-5H3,(H,15,16). The predicted molar refractivity (Wildman–Crippen MR) is 66.9 cm³/mol. The van der Waals surface area contributed by atoms with Crippen molar-refractivity contribution < 1.29 is 14.7 Å². The van der Waals surface area contributed by atoms with Crippen molar-refractivity contribution in [2.75, 3.05) is 19.6 Å². The zero-order valence-electron chi connectivity index (χ0n) is 11.4. The maximum Gasteiger partial charge on any atom is 0.317 e. The van der Waals surface area contributed by atoms with Crippen LogP contribution in [0.15, 0.2) is 0 Å². The fraction of sp³-hybridized carbons (Fsp3) is 0.833. The van der Waals surface area contributed by atoms with E-state index in [1.54, 1.807) is 16.7 Å². The predicted octanol–water partition coefficient (Wildman–Crippen LogP) is 1.04. The highest BCUT2D eigenvalue weighted by atomic mass is 16.4. The van der Waals surface area contributed by atoms with Gasteiger partial charge in [0.05, 0.1) is 12.6 Å².